The standard InChI is InChI=1S/C21H21ClN4O5S/c1-14-20(18(31-25-14)6-5-17-3-2-12-30-17)32(28,29)26-10-8-15(9-11-26)21(27)24-19-7-4-16(22)13-23-19/h2-7,12-13,15H,8-11H2,1H3,(H,23,24,27)/b6-5+. The zero-order valence-corrected chi connectivity index (χ0v) is 18.8. The van der Waals surface area contributed by atoms with E-state index in [1.165, 1.54) is 22.8 Å². The van der Waals surface area contributed by atoms with E-state index in [1.54, 1.807) is 37.3 Å². The van der Waals surface area contributed by atoms with Gasteiger partial charge in [0.25, 0.3) is 0 Å². The highest BCUT2D eigenvalue weighted by Crippen LogP contribution is 2.29. The molecule has 1 saturated heterocycles. The summed E-state index contributed by atoms with van der Waals surface area (Å²) in [5, 5.41) is 7.06. The lowest BCUT2D eigenvalue weighted by atomic mass is 9.97. The molecule has 1 aliphatic rings. The number of sulfonamides is 1. The SMILES string of the molecule is Cc1noc(/C=C/c2ccco2)c1S(=O)(=O)N1CCC(C(=O)Nc2ccc(Cl)cn2)CC1. The summed E-state index contributed by atoms with van der Waals surface area (Å²) in [5.74, 6) is 0.584. The van der Waals surface area contributed by atoms with Gasteiger partial charge in [0.1, 0.15) is 17.3 Å². The topological polar surface area (TPSA) is 119 Å². The van der Waals surface area contributed by atoms with Crippen molar-refractivity contribution in [1.82, 2.24) is 14.4 Å². The van der Waals surface area contributed by atoms with E-state index in [0.29, 0.717) is 29.4 Å². The van der Waals surface area contributed by atoms with Crippen LogP contribution in [0.3, 0.4) is 0 Å². The van der Waals surface area contributed by atoms with Gasteiger partial charge in [-0.15, -0.1) is 0 Å². The van der Waals surface area contributed by atoms with E-state index in [9.17, 15) is 13.2 Å². The smallest absolute Gasteiger partial charge is 0.248 e. The molecule has 0 aromatic carbocycles. The Labute approximate surface area is 190 Å². The van der Waals surface area contributed by atoms with Crippen LogP contribution in [0.5, 0.6) is 0 Å². The molecule has 1 N–H and O–H groups in total. The molecular formula is C21H21ClN4O5S. The van der Waals surface area contributed by atoms with Crippen LogP contribution in [-0.4, -0.2) is 41.9 Å². The number of pyridine rings is 1. The fraction of sp³-hybridized carbons (Fsp3) is 0.286. The number of hydrogen-bond acceptors (Lipinski definition) is 7. The first kappa shape index (κ1) is 22.3. The Morgan fingerprint density at radius 2 is 2.03 bits per heavy atom. The fourth-order valence-electron chi connectivity index (χ4n) is 3.51. The number of rotatable bonds is 6. The second-order valence-corrected chi connectivity index (χ2v) is 9.65. The maximum absolute atomic E-state index is 13.3. The van der Waals surface area contributed by atoms with E-state index in [-0.39, 0.29) is 41.3 Å². The fourth-order valence-corrected chi connectivity index (χ4v) is 5.34. The van der Waals surface area contributed by atoms with E-state index in [1.807, 2.05) is 0 Å². The number of halogens is 1. The Kier molecular flexibility index (Phi) is 6.45. The maximum Gasteiger partial charge on any atom is 0.248 e. The molecule has 0 saturated carbocycles. The Hall–Kier alpha value is -2.95. The Bertz CT molecular complexity index is 1210. The van der Waals surface area contributed by atoms with Crippen molar-refractivity contribution < 1.29 is 22.2 Å². The maximum atomic E-state index is 13.3. The Balaban J connectivity index is 1.43. The lowest BCUT2D eigenvalue weighted by Crippen LogP contribution is -2.41. The van der Waals surface area contributed by atoms with Gasteiger partial charge >= 0.3 is 0 Å². The van der Waals surface area contributed by atoms with Crippen molar-refractivity contribution in [3.8, 4) is 0 Å². The van der Waals surface area contributed by atoms with Crippen LogP contribution in [0.2, 0.25) is 5.02 Å². The van der Waals surface area contributed by atoms with Crippen LogP contribution in [0.1, 0.15) is 30.1 Å². The molecule has 32 heavy (non-hydrogen) atoms. The summed E-state index contributed by atoms with van der Waals surface area (Å²) in [4.78, 5) is 16.6. The first-order chi connectivity index (χ1) is 15.3. The molecular weight excluding hydrogens is 456 g/mol. The van der Waals surface area contributed by atoms with Gasteiger partial charge in [-0.2, -0.15) is 4.31 Å². The number of nitrogens with one attached hydrogen (secondary N) is 1. The van der Waals surface area contributed by atoms with E-state index in [0.717, 1.165) is 0 Å². The van der Waals surface area contributed by atoms with Crippen LogP contribution in [0, 0.1) is 12.8 Å². The highest BCUT2D eigenvalue weighted by Gasteiger charge is 2.36. The van der Waals surface area contributed by atoms with Gasteiger partial charge in [0.15, 0.2) is 10.7 Å². The Morgan fingerprint density at radius 1 is 1.25 bits per heavy atom. The number of amides is 1. The molecule has 3 aromatic heterocycles. The second-order valence-electron chi connectivity index (χ2n) is 7.34. The van der Waals surface area contributed by atoms with Crippen LogP contribution >= 0.6 is 11.6 Å². The van der Waals surface area contributed by atoms with Gasteiger partial charge in [0.05, 0.1) is 11.3 Å². The number of aryl methyl sites for hydroxylation is 1. The van der Waals surface area contributed by atoms with Crippen LogP contribution in [-0.2, 0) is 14.8 Å². The average Bonchev–Trinajstić information content (AvgIpc) is 3.43. The second kappa shape index (κ2) is 9.27. The van der Waals surface area contributed by atoms with Gasteiger partial charge in [-0.3, -0.25) is 4.79 Å². The van der Waals surface area contributed by atoms with Crippen molar-refractivity contribution in [3.63, 3.8) is 0 Å². The summed E-state index contributed by atoms with van der Waals surface area (Å²) >= 11 is 5.81. The molecule has 168 valence electrons. The Morgan fingerprint density at radius 3 is 2.69 bits per heavy atom. The molecule has 0 radical (unpaired) electrons. The quantitative estimate of drug-likeness (QED) is 0.574. The van der Waals surface area contributed by atoms with Gasteiger partial charge in [-0.05, 0) is 56.2 Å². The monoisotopic (exact) mass is 476 g/mol. The molecule has 1 aliphatic heterocycles. The summed E-state index contributed by atoms with van der Waals surface area (Å²) in [7, 11) is -3.85. The van der Waals surface area contributed by atoms with Crippen molar-refractivity contribution in [2.75, 3.05) is 18.4 Å². The van der Waals surface area contributed by atoms with E-state index < -0.39 is 10.0 Å². The molecule has 0 bridgehead atoms. The van der Waals surface area contributed by atoms with E-state index >= 15 is 0 Å². The molecule has 1 fully saturated rings. The minimum absolute atomic E-state index is 0.0218. The van der Waals surface area contributed by atoms with Gasteiger partial charge in [0.2, 0.25) is 15.9 Å². The number of furan rings is 1. The van der Waals surface area contributed by atoms with Crippen molar-refractivity contribution in [1.29, 1.82) is 0 Å². The normalized spacial score (nSPS) is 15.9. The zero-order valence-electron chi connectivity index (χ0n) is 17.2. The third-order valence-electron chi connectivity index (χ3n) is 5.18. The van der Waals surface area contributed by atoms with Crippen LogP contribution in [0.25, 0.3) is 12.2 Å². The summed E-state index contributed by atoms with van der Waals surface area (Å²) < 4.78 is 38.4. The minimum Gasteiger partial charge on any atom is -0.465 e. The lowest BCUT2D eigenvalue weighted by molar-refractivity contribution is -0.120. The highest BCUT2D eigenvalue weighted by atomic mass is 35.5. The molecule has 0 unspecified atom stereocenters. The van der Waals surface area contributed by atoms with Crippen LogP contribution in [0.4, 0.5) is 5.82 Å². The van der Waals surface area contributed by atoms with Crippen LogP contribution < -0.4 is 5.32 Å². The van der Waals surface area contributed by atoms with Gasteiger partial charge < -0.3 is 14.3 Å². The number of piperidine rings is 1. The molecule has 1 amide bonds. The number of nitrogens with zero attached hydrogens (tertiary/aromatic N) is 3. The molecule has 3 aromatic rings. The lowest BCUT2D eigenvalue weighted by Gasteiger charge is -2.30. The molecule has 9 nitrogen and oxygen atoms in total. The van der Waals surface area contributed by atoms with E-state index in [4.69, 9.17) is 20.5 Å². The number of anilines is 1. The third-order valence-corrected chi connectivity index (χ3v) is 7.46. The van der Waals surface area contributed by atoms with Crippen molar-refractivity contribution >= 4 is 45.5 Å². The summed E-state index contributed by atoms with van der Waals surface area (Å²) in [6.45, 7) is 2.00. The third kappa shape index (κ3) is 4.77. The molecule has 11 heteroatoms. The van der Waals surface area contributed by atoms with Gasteiger partial charge in [-0.25, -0.2) is 13.4 Å². The summed E-state index contributed by atoms with van der Waals surface area (Å²) in [5.41, 5.74) is 0.276. The number of carbonyl (C=O) groups excluding carboxylic acids is 1. The number of hydrogen-bond donors (Lipinski definition) is 1. The molecule has 0 atom stereocenters. The van der Waals surface area contributed by atoms with Crippen molar-refractivity contribution in [2.45, 2.75) is 24.7 Å². The molecule has 0 aliphatic carbocycles. The average molecular weight is 477 g/mol. The van der Waals surface area contributed by atoms with Crippen molar-refractivity contribution in [3.05, 3.63) is 59.0 Å². The molecule has 4 rings (SSSR count). The number of carbonyl (C=O) groups is 1. The van der Waals surface area contributed by atoms with E-state index in [2.05, 4.69) is 15.5 Å². The highest BCUT2D eigenvalue weighted by molar-refractivity contribution is 7.89. The predicted octanol–water partition coefficient (Wildman–Crippen LogP) is 3.83. The largest absolute Gasteiger partial charge is 0.465 e. The zero-order chi connectivity index (χ0) is 22.7. The predicted molar refractivity (Wildman–Crippen MR) is 118 cm³/mol. The molecule has 4 heterocycles. The first-order valence-corrected chi connectivity index (χ1v) is 11.8. The van der Waals surface area contributed by atoms with Gasteiger partial charge in [-0.1, -0.05) is 16.8 Å². The molecule has 0 spiro atoms. The number of aromatic nitrogens is 2. The van der Waals surface area contributed by atoms with Gasteiger partial charge in [0, 0.05) is 25.2 Å². The first-order valence-electron chi connectivity index (χ1n) is 9.95. The summed E-state index contributed by atoms with van der Waals surface area (Å²) in [6.07, 6.45) is 6.88. The van der Waals surface area contributed by atoms with Crippen molar-refractivity contribution in [2.24, 2.45) is 5.92 Å². The van der Waals surface area contributed by atoms with Crippen LogP contribution in [0.15, 0.2) is 50.6 Å². The summed E-state index contributed by atoms with van der Waals surface area (Å²) in [6, 6.07) is 6.72. The minimum atomic E-state index is -3.85.